The van der Waals surface area contributed by atoms with Gasteiger partial charge in [-0.3, -0.25) is 9.36 Å². The van der Waals surface area contributed by atoms with Crippen molar-refractivity contribution in [2.24, 2.45) is 0 Å². The minimum atomic E-state index is 0.0213. The summed E-state index contributed by atoms with van der Waals surface area (Å²) in [7, 11) is 4.02. The minimum Gasteiger partial charge on any atom is -0.308 e. The van der Waals surface area contributed by atoms with E-state index in [-0.39, 0.29) is 5.56 Å². The Kier molecular flexibility index (Phi) is 4.49. The van der Waals surface area contributed by atoms with Gasteiger partial charge in [0, 0.05) is 29.7 Å². The molecule has 4 nitrogen and oxygen atoms in total. The second-order valence-corrected chi connectivity index (χ2v) is 6.50. The van der Waals surface area contributed by atoms with Crippen LogP contribution in [0.1, 0.15) is 11.3 Å². The highest BCUT2D eigenvalue weighted by Gasteiger charge is 2.14. The van der Waals surface area contributed by atoms with E-state index in [0.29, 0.717) is 6.54 Å². The van der Waals surface area contributed by atoms with Gasteiger partial charge in [-0.25, -0.2) is 4.98 Å². The molecule has 2 aromatic heterocycles. The first-order valence-electron chi connectivity index (χ1n) is 8.19. The largest absolute Gasteiger partial charge is 0.308 e. The molecular weight excluding hydrogens is 298 g/mol. The highest BCUT2D eigenvalue weighted by Crippen LogP contribution is 2.23. The third-order valence-corrected chi connectivity index (χ3v) is 4.25. The maximum atomic E-state index is 13.1. The Hall–Kier alpha value is -2.46. The van der Waals surface area contributed by atoms with Gasteiger partial charge in [0.25, 0.3) is 5.56 Å². The van der Waals surface area contributed by atoms with Gasteiger partial charge in [0.1, 0.15) is 5.65 Å². The summed E-state index contributed by atoms with van der Waals surface area (Å²) in [6.45, 7) is 5.46. The second kappa shape index (κ2) is 6.57. The van der Waals surface area contributed by atoms with E-state index in [4.69, 9.17) is 0 Å². The molecule has 0 bridgehead atoms. The topological polar surface area (TPSA) is 38.1 Å². The van der Waals surface area contributed by atoms with E-state index < -0.39 is 0 Å². The minimum absolute atomic E-state index is 0.0213. The molecule has 4 heteroatoms. The average molecular weight is 321 g/mol. The molecule has 0 saturated heterocycles. The molecule has 0 aliphatic heterocycles. The molecule has 0 aliphatic rings. The molecule has 0 atom stereocenters. The molecule has 0 unspecified atom stereocenters. The van der Waals surface area contributed by atoms with Crippen molar-refractivity contribution in [2.75, 3.05) is 20.6 Å². The van der Waals surface area contributed by atoms with Gasteiger partial charge in [0.15, 0.2) is 0 Å². The summed E-state index contributed by atoms with van der Waals surface area (Å²) in [6.07, 6.45) is 0. The highest BCUT2D eigenvalue weighted by atomic mass is 16.1. The van der Waals surface area contributed by atoms with Crippen LogP contribution in [0.4, 0.5) is 0 Å². The molecule has 0 aliphatic carbocycles. The van der Waals surface area contributed by atoms with Crippen LogP contribution in [0.2, 0.25) is 0 Å². The van der Waals surface area contributed by atoms with Crippen LogP contribution in [0.5, 0.6) is 0 Å². The van der Waals surface area contributed by atoms with E-state index in [9.17, 15) is 4.79 Å². The number of likely N-dealkylation sites (N-methyl/N-ethyl adjacent to an activating group) is 1. The fraction of sp³-hybridized carbons (Fsp3) is 0.300. The van der Waals surface area contributed by atoms with Crippen LogP contribution >= 0.6 is 0 Å². The molecule has 3 aromatic rings. The molecule has 0 fully saturated rings. The predicted octanol–water partition coefficient (Wildman–Crippen LogP) is 3.24. The van der Waals surface area contributed by atoms with Crippen molar-refractivity contribution in [3.05, 3.63) is 64.1 Å². The van der Waals surface area contributed by atoms with E-state index >= 15 is 0 Å². The first kappa shape index (κ1) is 16.4. The number of rotatable bonds is 4. The van der Waals surface area contributed by atoms with Gasteiger partial charge in [0.05, 0.1) is 0 Å². The van der Waals surface area contributed by atoms with Gasteiger partial charge in [-0.15, -0.1) is 0 Å². The summed E-state index contributed by atoms with van der Waals surface area (Å²) in [6, 6.07) is 13.9. The number of aryl methyl sites for hydroxylation is 2. The van der Waals surface area contributed by atoms with Crippen LogP contribution in [0.15, 0.2) is 47.3 Å². The number of hydrogen-bond acceptors (Lipinski definition) is 3. The molecule has 0 spiro atoms. The Bertz CT molecular complexity index is 927. The zero-order valence-corrected chi connectivity index (χ0v) is 14.7. The summed E-state index contributed by atoms with van der Waals surface area (Å²) in [4.78, 5) is 19.9. The number of aromatic nitrogens is 2. The third-order valence-electron chi connectivity index (χ3n) is 4.25. The van der Waals surface area contributed by atoms with Gasteiger partial charge in [-0.05, 0) is 51.2 Å². The van der Waals surface area contributed by atoms with Crippen LogP contribution in [0, 0.1) is 13.8 Å². The number of benzene rings is 1. The quantitative estimate of drug-likeness (QED) is 0.740. The highest BCUT2D eigenvalue weighted by molar-refractivity contribution is 5.84. The molecular formula is C20H23N3O. The first-order chi connectivity index (χ1) is 11.5. The Labute approximate surface area is 142 Å². The normalized spacial score (nSPS) is 11.4. The summed E-state index contributed by atoms with van der Waals surface area (Å²) in [5.41, 5.74) is 4.56. The van der Waals surface area contributed by atoms with Gasteiger partial charge in [-0.1, -0.05) is 30.3 Å². The second-order valence-electron chi connectivity index (χ2n) is 6.50. The molecule has 124 valence electrons. The smallest absolute Gasteiger partial charge is 0.260 e. The van der Waals surface area contributed by atoms with Crippen LogP contribution < -0.4 is 5.56 Å². The molecule has 0 saturated carbocycles. The summed E-state index contributed by atoms with van der Waals surface area (Å²) in [5, 5.41) is 1.04. The summed E-state index contributed by atoms with van der Waals surface area (Å²) >= 11 is 0. The summed E-state index contributed by atoms with van der Waals surface area (Å²) in [5.74, 6) is 0. The van der Waals surface area contributed by atoms with E-state index in [1.807, 2.05) is 62.0 Å². The van der Waals surface area contributed by atoms with Gasteiger partial charge < -0.3 is 4.90 Å². The predicted molar refractivity (Wildman–Crippen MR) is 99.5 cm³/mol. The van der Waals surface area contributed by atoms with Crippen molar-refractivity contribution in [1.29, 1.82) is 0 Å². The average Bonchev–Trinajstić information content (AvgIpc) is 2.54. The molecule has 0 N–H and O–H groups in total. The first-order valence-corrected chi connectivity index (χ1v) is 8.19. The van der Waals surface area contributed by atoms with Crippen molar-refractivity contribution in [1.82, 2.24) is 14.5 Å². The lowest BCUT2D eigenvalue weighted by atomic mass is 10.0. The van der Waals surface area contributed by atoms with Gasteiger partial charge in [0.2, 0.25) is 0 Å². The van der Waals surface area contributed by atoms with Crippen molar-refractivity contribution in [3.63, 3.8) is 0 Å². The lowest BCUT2D eigenvalue weighted by Gasteiger charge is -2.16. The molecule has 2 heterocycles. The van der Waals surface area contributed by atoms with Crippen LogP contribution in [0.25, 0.3) is 22.2 Å². The molecule has 0 amide bonds. The zero-order chi connectivity index (χ0) is 17.3. The lowest BCUT2D eigenvalue weighted by Crippen LogP contribution is -2.28. The standard InChI is InChI=1S/C20H23N3O/c1-14-12-15(2)21-19-17(14)13-18(16-8-6-5-7-9-16)20(24)23(19)11-10-22(3)4/h5-9,12-13H,10-11H2,1-4H3. The van der Waals surface area contributed by atoms with Crippen molar-refractivity contribution in [2.45, 2.75) is 20.4 Å². The van der Waals surface area contributed by atoms with Crippen LogP contribution in [-0.2, 0) is 6.54 Å². The fourth-order valence-electron chi connectivity index (χ4n) is 2.99. The van der Waals surface area contributed by atoms with Crippen LogP contribution in [0.3, 0.4) is 0 Å². The number of fused-ring (bicyclic) bond motifs is 1. The summed E-state index contributed by atoms with van der Waals surface area (Å²) < 4.78 is 1.82. The van der Waals surface area contributed by atoms with E-state index in [0.717, 1.165) is 40.0 Å². The number of nitrogens with zero attached hydrogens (tertiary/aromatic N) is 3. The zero-order valence-electron chi connectivity index (χ0n) is 14.7. The Morgan fingerprint density at radius 3 is 2.46 bits per heavy atom. The maximum Gasteiger partial charge on any atom is 0.260 e. The van der Waals surface area contributed by atoms with E-state index in [1.165, 1.54) is 0 Å². The molecule has 0 radical (unpaired) electrons. The SMILES string of the molecule is Cc1cc(C)c2cc(-c3ccccc3)c(=O)n(CCN(C)C)c2n1. The lowest BCUT2D eigenvalue weighted by molar-refractivity contribution is 0.384. The monoisotopic (exact) mass is 321 g/mol. The van der Waals surface area contributed by atoms with Crippen molar-refractivity contribution in [3.8, 4) is 11.1 Å². The molecule has 24 heavy (non-hydrogen) atoms. The Morgan fingerprint density at radius 1 is 1.08 bits per heavy atom. The third kappa shape index (κ3) is 3.10. The number of pyridine rings is 2. The van der Waals surface area contributed by atoms with Crippen LogP contribution in [-0.4, -0.2) is 35.1 Å². The Balaban J connectivity index is 2.31. The molecule has 1 aromatic carbocycles. The maximum absolute atomic E-state index is 13.1. The van der Waals surface area contributed by atoms with E-state index in [2.05, 4.69) is 22.9 Å². The van der Waals surface area contributed by atoms with Crippen molar-refractivity contribution >= 4 is 11.0 Å². The van der Waals surface area contributed by atoms with Gasteiger partial charge >= 0.3 is 0 Å². The van der Waals surface area contributed by atoms with Crippen molar-refractivity contribution < 1.29 is 0 Å². The van der Waals surface area contributed by atoms with E-state index in [1.54, 1.807) is 0 Å². The fourth-order valence-corrected chi connectivity index (χ4v) is 2.99. The van der Waals surface area contributed by atoms with Gasteiger partial charge in [-0.2, -0.15) is 0 Å². The number of hydrogen-bond donors (Lipinski definition) is 0. The molecule has 3 rings (SSSR count). The Morgan fingerprint density at radius 2 is 1.79 bits per heavy atom.